The van der Waals surface area contributed by atoms with Crippen molar-refractivity contribution < 1.29 is 5.11 Å². The van der Waals surface area contributed by atoms with Crippen LogP contribution in [0.1, 0.15) is 28.7 Å². The minimum absolute atomic E-state index is 0.531. The number of imidazole rings is 1. The van der Waals surface area contributed by atoms with Gasteiger partial charge in [-0.3, -0.25) is 4.57 Å². The molecule has 0 fully saturated rings. The third kappa shape index (κ3) is 4.98. The van der Waals surface area contributed by atoms with Crippen LogP contribution in [0.4, 0.5) is 0 Å². The lowest BCUT2D eigenvalue weighted by molar-refractivity contribution is 0.0641. The summed E-state index contributed by atoms with van der Waals surface area (Å²) in [5.74, 6) is 0.815. The van der Waals surface area contributed by atoms with Gasteiger partial charge in [-0.05, 0) is 49.8 Å². The van der Waals surface area contributed by atoms with E-state index in [1.54, 1.807) is 12.5 Å². The third-order valence-electron chi connectivity index (χ3n) is 6.54. The normalized spacial score (nSPS) is 13.2. The molecule has 0 aliphatic carbocycles. The van der Waals surface area contributed by atoms with E-state index in [0.29, 0.717) is 6.42 Å². The van der Waals surface area contributed by atoms with Gasteiger partial charge in [0.05, 0.1) is 5.52 Å². The van der Waals surface area contributed by atoms with Gasteiger partial charge in [0, 0.05) is 46.3 Å². The maximum Gasteiger partial charge on any atom is 0.142 e. The van der Waals surface area contributed by atoms with E-state index in [0.717, 1.165) is 50.8 Å². The second kappa shape index (κ2) is 10.3. The summed E-state index contributed by atoms with van der Waals surface area (Å²) in [5.41, 5.74) is 3.50. The second-order valence-corrected chi connectivity index (χ2v) is 10.3. The number of aromatic nitrogens is 3. The number of nitrogens with zero attached hydrogens (tertiary/aromatic N) is 4. The fraction of sp³-hybridized carbons (Fsp3) is 0.200. The largest absolute Gasteiger partial charge is 0.380 e. The Bertz CT molecular complexity index is 1450. The number of aliphatic hydroxyl groups is 1. The summed E-state index contributed by atoms with van der Waals surface area (Å²) in [4.78, 5) is 11.6. The van der Waals surface area contributed by atoms with Crippen LogP contribution in [0.5, 0.6) is 0 Å². The molecule has 0 spiro atoms. The molecule has 1 unspecified atom stereocenters. The van der Waals surface area contributed by atoms with E-state index in [2.05, 4.69) is 62.2 Å². The zero-order chi connectivity index (χ0) is 25.1. The Labute approximate surface area is 220 Å². The molecule has 5 rings (SSSR count). The first-order valence-corrected chi connectivity index (χ1v) is 12.8. The van der Waals surface area contributed by atoms with Crippen molar-refractivity contribution in [3.05, 3.63) is 124 Å². The molecule has 182 valence electrons. The van der Waals surface area contributed by atoms with Crippen molar-refractivity contribution >= 4 is 26.8 Å². The van der Waals surface area contributed by atoms with Crippen LogP contribution in [0.25, 0.3) is 16.7 Å². The summed E-state index contributed by atoms with van der Waals surface area (Å²) in [5, 5.41) is 13.3. The van der Waals surface area contributed by atoms with Crippen LogP contribution < -0.4 is 0 Å². The molecule has 2 heterocycles. The molecule has 6 heteroatoms. The van der Waals surface area contributed by atoms with E-state index in [4.69, 9.17) is 4.98 Å². The zero-order valence-electron chi connectivity index (χ0n) is 20.5. The predicted molar refractivity (Wildman–Crippen MR) is 148 cm³/mol. The van der Waals surface area contributed by atoms with Crippen LogP contribution in [-0.2, 0) is 12.0 Å². The fourth-order valence-corrected chi connectivity index (χ4v) is 5.16. The summed E-state index contributed by atoms with van der Waals surface area (Å²) in [6, 6.07) is 26.6. The summed E-state index contributed by atoms with van der Waals surface area (Å²) >= 11 is 3.71. The topological polar surface area (TPSA) is 54.2 Å². The number of pyridine rings is 1. The Hall–Kier alpha value is -3.32. The first-order chi connectivity index (χ1) is 17.4. The third-order valence-corrected chi connectivity index (χ3v) is 7.00. The molecule has 0 saturated heterocycles. The fourth-order valence-electron chi connectivity index (χ4n) is 4.69. The molecule has 1 atom stereocenters. The number of hydrogen-bond donors (Lipinski definition) is 1. The van der Waals surface area contributed by atoms with Gasteiger partial charge >= 0.3 is 0 Å². The minimum Gasteiger partial charge on any atom is -0.380 e. The van der Waals surface area contributed by atoms with Crippen molar-refractivity contribution in [3.63, 3.8) is 0 Å². The van der Waals surface area contributed by atoms with Gasteiger partial charge in [-0.1, -0.05) is 76.6 Å². The summed E-state index contributed by atoms with van der Waals surface area (Å²) in [7, 11) is 4.05. The lowest BCUT2D eigenvalue weighted by Crippen LogP contribution is -2.32. The Morgan fingerprint density at radius 1 is 0.972 bits per heavy atom. The van der Waals surface area contributed by atoms with Crippen molar-refractivity contribution in [3.8, 4) is 5.82 Å². The number of fused-ring (bicyclic) bond motifs is 1. The van der Waals surface area contributed by atoms with Crippen molar-refractivity contribution in [1.82, 2.24) is 19.4 Å². The molecule has 36 heavy (non-hydrogen) atoms. The van der Waals surface area contributed by atoms with Crippen LogP contribution in [-0.4, -0.2) is 45.2 Å². The molecule has 0 radical (unpaired) electrons. The summed E-state index contributed by atoms with van der Waals surface area (Å²) in [6.45, 7) is 0.722. The van der Waals surface area contributed by atoms with Gasteiger partial charge in [0.2, 0.25) is 0 Å². The standard InChI is InChI=1S/C30H29BrN4O/c1-34(2)15-13-30(36,25-11-7-4-8-12-25)27-20-26(31)19-23-18-24(17-22-9-5-3-6-10-22)29(33-28(23)27)35-16-14-32-21-35/h3-12,14,16,18-21,36H,13,15,17H2,1-2H3. The molecular formula is C30H29BrN4O. The van der Waals surface area contributed by atoms with Gasteiger partial charge in [0.15, 0.2) is 0 Å². The second-order valence-electron chi connectivity index (χ2n) is 9.41. The van der Waals surface area contributed by atoms with E-state index in [1.165, 1.54) is 5.56 Å². The van der Waals surface area contributed by atoms with E-state index in [9.17, 15) is 5.11 Å². The Balaban J connectivity index is 1.75. The monoisotopic (exact) mass is 540 g/mol. The smallest absolute Gasteiger partial charge is 0.142 e. The highest BCUT2D eigenvalue weighted by Gasteiger charge is 2.34. The van der Waals surface area contributed by atoms with E-state index < -0.39 is 5.60 Å². The van der Waals surface area contributed by atoms with Crippen LogP contribution >= 0.6 is 15.9 Å². The van der Waals surface area contributed by atoms with E-state index in [1.807, 2.05) is 67.3 Å². The predicted octanol–water partition coefficient (Wildman–Crippen LogP) is 5.96. The van der Waals surface area contributed by atoms with Crippen LogP contribution in [0.15, 0.2) is 102 Å². The van der Waals surface area contributed by atoms with Gasteiger partial charge < -0.3 is 10.0 Å². The van der Waals surface area contributed by atoms with Gasteiger partial charge in [-0.15, -0.1) is 0 Å². The highest BCUT2D eigenvalue weighted by molar-refractivity contribution is 9.10. The highest BCUT2D eigenvalue weighted by Crippen LogP contribution is 2.39. The van der Waals surface area contributed by atoms with Gasteiger partial charge in [0.25, 0.3) is 0 Å². The first kappa shape index (κ1) is 24.4. The SMILES string of the molecule is CN(C)CCC(O)(c1ccccc1)c1cc(Br)cc2cc(Cc3ccccc3)c(-n3ccnc3)nc12. The Morgan fingerprint density at radius 2 is 1.69 bits per heavy atom. The first-order valence-electron chi connectivity index (χ1n) is 12.0. The van der Waals surface area contributed by atoms with Gasteiger partial charge in [0.1, 0.15) is 17.7 Å². The van der Waals surface area contributed by atoms with Crippen molar-refractivity contribution in [2.45, 2.75) is 18.4 Å². The van der Waals surface area contributed by atoms with Crippen molar-refractivity contribution in [2.75, 3.05) is 20.6 Å². The number of benzene rings is 3. The van der Waals surface area contributed by atoms with Gasteiger partial charge in [-0.25, -0.2) is 9.97 Å². The molecular weight excluding hydrogens is 512 g/mol. The highest BCUT2D eigenvalue weighted by atomic mass is 79.9. The minimum atomic E-state index is -1.21. The molecule has 0 amide bonds. The van der Waals surface area contributed by atoms with Crippen molar-refractivity contribution in [2.24, 2.45) is 0 Å². The lowest BCUT2D eigenvalue weighted by Gasteiger charge is -2.32. The maximum absolute atomic E-state index is 12.3. The molecule has 3 aromatic carbocycles. The molecule has 0 saturated carbocycles. The van der Waals surface area contributed by atoms with Gasteiger partial charge in [-0.2, -0.15) is 0 Å². The zero-order valence-corrected chi connectivity index (χ0v) is 22.1. The Morgan fingerprint density at radius 3 is 2.36 bits per heavy atom. The molecule has 0 bridgehead atoms. The van der Waals surface area contributed by atoms with Crippen LogP contribution in [0.2, 0.25) is 0 Å². The van der Waals surface area contributed by atoms with Crippen LogP contribution in [0, 0.1) is 0 Å². The summed E-state index contributed by atoms with van der Waals surface area (Å²) in [6.07, 6.45) is 6.72. The molecule has 0 aliphatic heterocycles. The van der Waals surface area contributed by atoms with E-state index in [-0.39, 0.29) is 0 Å². The number of rotatable bonds is 8. The van der Waals surface area contributed by atoms with E-state index >= 15 is 0 Å². The maximum atomic E-state index is 12.3. The lowest BCUT2D eigenvalue weighted by atomic mass is 9.82. The molecule has 0 aliphatic rings. The average Bonchev–Trinajstić information content (AvgIpc) is 3.42. The number of hydrogen-bond acceptors (Lipinski definition) is 4. The quantitative estimate of drug-likeness (QED) is 0.263. The molecule has 5 aromatic rings. The average molecular weight is 541 g/mol. The van der Waals surface area contributed by atoms with Crippen LogP contribution in [0.3, 0.4) is 0 Å². The van der Waals surface area contributed by atoms with Crippen molar-refractivity contribution in [1.29, 1.82) is 0 Å². The summed E-state index contributed by atoms with van der Waals surface area (Å²) < 4.78 is 2.86. The molecule has 1 N–H and O–H groups in total. The Kier molecular flexibility index (Phi) is 7.01. The molecule has 5 nitrogen and oxygen atoms in total. The molecule has 2 aromatic heterocycles. The number of halogens is 1.